The minimum atomic E-state index is 0.309. The summed E-state index contributed by atoms with van der Waals surface area (Å²) in [6.07, 6.45) is 5.34. The molecule has 2 fully saturated rings. The van der Waals surface area contributed by atoms with Gasteiger partial charge in [-0.05, 0) is 12.8 Å². The summed E-state index contributed by atoms with van der Waals surface area (Å²) in [5.41, 5.74) is 0. The standard InChI is InChI=1S/C12H15ClN4O/c13-10-7-14-12(15-8-10)17-5-3-16(4-6-17)11(18)9-1-2-9/h7-9H,1-6H2. The van der Waals surface area contributed by atoms with Gasteiger partial charge in [0.1, 0.15) is 0 Å². The SMILES string of the molecule is O=C(C1CC1)N1CCN(c2ncc(Cl)cn2)CC1. The minimum Gasteiger partial charge on any atom is -0.339 e. The van der Waals surface area contributed by atoms with E-state index in [1.165, 1.54) is 0 Å². The molecule has 96 valence electrons. The molecule has 2 aliphatic rings. The average Bonchev–Trinajstić information content (AvgIpc) is 3.23. The molecule has 0 N–H and O–H groups in total. The van der Waals surface area contributed by atoms with Crippen molar-refractivity contribution in [1.29, 1.82) is 0 Å². The number of piperazine rings is 1. The number of hydrogen-bond donors (Lipinski definition) is 0. The van der Waals surface area contributed by atoms with Crippen molar-refractivity contribution < 1.29 is 4.79 Å². The van der Waals surface area contributed by atoms with Crippen LogP contribution in [-0.2, 0) is 4.79 Å². The fourth-order valence-corrected chi connectivity index (χ4v) is 2.28. The zero-order valence-electron chi connectivity index (χ0n) is 10.0. The van der Waals surface area contributed by atoms with Gasteiger partial charge in [-0.2, -0.15) is 0 Å². The van der Waals surface area contributed by atoms with E-state index in [1.54, 1.807) is 12.4 Å². The highest BCUT2D eigenvalue weighted by Gasteiger charge is 2.34. The normalized spacial score (nSPS) is 20.1. The third-order valence-electron chi connectivity index (χ3n) is 3.41. The van der Waals surface area contributed by atoms with Crippen LogP contribution in [0.5, 0.6) is 0 Å². The Labute approximate surface area is 111 Å². The van der Waals surface area contributed by atoms with Gasteiger partial charge in [-0.3, -0.25) is 4.79 Å². The highest BCUT2D eigenvalue weighted by molar-refractivity contribution is 6.30. The molecule has 1 saturated carbocycles. The fraction of sp³-hybridized carbons (Fsp3) is 0.583. The van der Waals surface area contributed by atoms with Crippen molar-refractivity contribution in [3.63, 3.8) is 0 Å². The van der Waals surface area contributed by atoms with Crippen molar-refractivity contribution in [2.75, 3.05) is 31.1 Å². The van der Waals surface area contributed by atoms with Crippen molar-refractivity contribution in [2.45, 2.75) is 12.8 Å². The molecule has 0 spiro atoms. The second-order valence-corrected chi connectivity index (χ2v) is 5.22. The molecule has 1 aliphatic carbocycles. The quantitative estimate of drug-likeness (QED) is 0.807. The van der Waals surface area contributed by atoms with Gasteiger partial charge in [0.25, 0.3) is 0 Å². The van der Waals surface area contributed by atoms with Crippen LogP contribution in [0.25, 0.3) is 0 Å². The number of rotatable bonds is 2. The maximum atomic E-state index is 11.9. The number of carbonyl (C=O) groups excluding carboxylic acids is 1. The summed E-state index contributed by atoms with van der Waals surface area (Å²) in [5.74, 6) is 1.33. The Morgan fingerprint density at radius 3 is 2.33 bits per heavy atom. The maximum Gasteiger partial charge on any atom is 0.225 e. The van der Waals surface area contributed by atoms with Crippen LogP contribution in [0.4, 0.5) is 5.95 Å². The zero-order valence-corrected chi connectivity index (χ0v) is 10.8. The van der Waals surface area contributed by atoms with E-state index in [9.17, 15) is 4.79 Å². The topological polar surface area (TPSA) is 49.3 Å². The smallest absolute Gasteiger partial charge is 0.225 e. The molecule has 1 amide bonds. The van der Waals surface area contributed by atoms with Gasteiger partial charge in [0, 0.05) is 32.1 Å². The summed E-state index contributed by atoms with van der Waals surface area (Å²) in [7, 11) is 0. The van der Waals surface area contributed by atoms with Crippen molar-refractivity contribution in [1.82, 2.24) is 14.9 Å². The van der Waals surface area contributed by atoms with Crippen LogP contribution < -0.4 is 4.90 Å². The van der Waals surface area contributed by atoms with Crippen molar-refractivity contribution in [3.8, 4) is 0 Å². The first-order valence-corrected chi connectivity index (χ1v) is 6.63. The number of carbonyl (C=O) groups is 1. The maximum absolute atomic E-state index is 11.9. The highest BCUT2D eigenvalue weighted by atomic mass is 35.5. The van der Waals surface area contributed by atoms with E-state index in [4.69, 9.17) is 11.6 Å². The molecule has 18 heavy (non-hydrogen) atoms. The largest absolute Gasteiger partial charge is 0.339 e. The Bertz CT molecular complexity index is 438. The summed E-state index contributed by atoms with van der Waals surface area (Å²) in [4.78, 5) is 24.4. The lowest BCUT2D eigenvalue weighted by atomic mass is 10.3. The van der Waals surface area contributed by atoms with Gasteiger partial charge in [-0.15, -0.1) is 0 Å². The zero-order chi connectivity index (χ0) is 12.5. The first-order valence-electron chi connectivity index (χ1n) is 6.25. The second kappa shape index (κ2) is 4.72. The van der Waals surface area contributed by atoms with Crippen LogP contribution >= 0.6 is 11.6 Å². The molecule has 3 rings (SSSR count). The molecule has 1 saturated heterocycles. The average molecular weight is 267 g/mol. The highest BCUT2D eigenvalue weighted by Crippen LogP contribution is 2.31. The first kappa shape index (κ1) is 11.7. The van der Waals surface area contributed by atoms with E-state index in [2.05, 4.69) is 14.9 Å². The number of aromatic nitrogens is 2. The van der Waals surface area contributed by atoms with Crippen molar-refractivity contribution >= 4 is 23.5 Å². The summed E-state index contributed by atoms with van der Waals surface area (Å²) < 4.78 is 0. The molecule has 0 bridgehead atoms. The molecule has 5 nitrogen and oxygen atoms in total. The Kier molecular flexibility index (Phi) is 3.07. The van der Waals surface area contributed by atoms with E-state index in [-0.39, 0.29) is 0 Å². The Morgan fingerprint density at radius 2 is 1.78 bits per heavy atom. The van der Waals surface area contributed by atoms with Crippen LogP contribution in [0, 0.1) is 5.92 Å². The Balaban J connectivity index is 1.59. The fourth-order valence-electron chi connectivity index (χ4n) is 2.18. The molecule has 1 aromatic rings. The van der Waals surface area contributed by atoms with E-state index < -0.39 is 0 Å². The van der Waals surface area contributed by atoms with Crippen LogP contribution in [-0.4, -0.2) is 47.0 Å². The van der Waals surface area contributed by atoms with Gasteiger partial charge in [-0.25, -0.2) is 9.97 Å². The predicted octanol–water partition coefficient (Wildman–Crippen LogP) is 1.19. The summed E-state index contributed by atoms with van der Waals surface area (Å²) in [5, 5.41) is 0.543. The number of halogens is 1. The Morgan fingerprint density at radius 1 is 1.17 bits per heavy atom. The molecule has 6 heteroatoms. The van der Waals surface area contributed by atoms with Gasteiger partial charge >= 0.3 is 0 Å². The number of nitrogens with zero attached hydrogens (tertiary/aromatic N) is 4. The molecular weight excluding hydrogens is 252 g/mol. The molecule has 1 aromatic heterocycles. The molecule has 0 radical (unpaired) electrons. The number of amides is 1. The van der Waals surface area contributed by atoms with E-state index in [0.29, 0.717) is 22.8 Å². The van der Waals surface area contributed by atoms with E-state index in [0.717, 1.165) is 39.0 Å². The summed E-state index contributed by atoms with van der Waals surface area (Å²) in [6, 6.07) is 0. The first-order chi connectivity index (χ1) is 8.74. The summed E-state index contributed by atoms with van der Waals surface area (Å²) in [6.45, 7) is 3.11. The minimum absolute atomic E-state index is 0.309. The molecule has 1 aliphatic heterocycles. The van der Waals surface area contributed by atoms with Gasteiger partial charge < -0.3 is 9.80 Å². The molecular formula is C12H15ClN4O. The lowest BCUT2D eigenvalue weighted by molar-refractivity contribution is -0.132. The third-order valence-corrected chi connectivity index (χ3v) is 3.60. The van der Waals surface area contributed by atoms with Crippen molar-refractivity contribution in [3.05, 3.63) is 17.4 Å². The monoisotopic (exact) mass is 266 g/mol. The number of hydrogen-bond acceptors (Lipinski definition) is 4. The Hall–Kier alpha value is -1.36. The van der Waals surface area contributed by atoms with Gasteiger partial charge in [0.15, 0.2) is 0 Å². The second-order valence-electron chi connectivity index (χ2n) is 4.79. The molecule has 2 heterocycles. The molecule has 0 atom stereocenters. The van der Waals surface area contributed by atoms with Crippen LogP contribution in [0.15, 0.2) is 12.4 Å². The lowest BCUT2D eigenvalue weighted by Gasteiger charge is -2.34. The van der Waals surface area contributed by atoms with Crippen LogP contribution in [0.2, 0.25) is 5.02 Å². The van der Waals surface area contributed by atoms with E-state index in [1.807, 2.05) is 4.90 Å². The van der Waals surface area contributed by atoms with Crippen LogP contribution in [0.1, 0.15) is 12.8 Å². The van der Waals surface area contributed by atoms with Crippen molar-refractivity contribution in [2.24, 2.45) is 5.92 Å². The number of anilines is 1. The molecule has 0 unspecified atom stereocenters. The van der Waals surface area contributed by atoms with Gasteiger partial charge in [0.05, 0.1) is 17.4 Å². The third kappa shape index (κ3) is 2.41. The lowest BCUT2D eigenvalue weighted by Crippen LogP contribution is -2.49. The molecule has 0 aromatic carbocycles. The predicted molar refractivity (Wildman–Crippen MR) is 68.6 cm³/mol. The van der Waals surface area contributed by atoms with Gasteiger partial charge in [-0.1, -0.05) is 11.6 Å². The summed E-state index contributed by atoms with van der Waals surface area (Å²) >= 11 is 5.76. The van der Waals surface area contributed by atoms with E-state index >= 15 is 0 Å². The van der Waals surface area contributed by atoms with Gasteiger partial charge in [0.2, 0.25) is 11.9 Å². The van der Waals surface area contributed by atoms with Crippen LogP contribution in [0.3, 0.4) is 0 Å².